The van der Waals surface area contributed by atoms with E-state index in [9.17, 15) is 0 Å². The molecule has 3 nitrogen and oxygen atoms in total. The molecule has 0 heterocycles. The molecule has 1 aliphatic carbocycles. The molecular formula is C18H29NO2. The maximum Gasteiger partial charge on any atom is 0.124 e. The molecule has 3 heteroatoms. The van der Waals surface area contributed by atoms with Crippen LogP contribution in [0.4, 0.5) is 0 Å². The first-order chi connectivity index (χ1) is 10.2. The molecule has 0 aliphatic heterocycles. The van der Waals surface area contributed by atoms with Gasteiger partial charge in [-0.25, -0.2) is 0 Å². The first-order valence-electron chi connectivity index (χ1n) is 8.19. The Labute approximate surface area is 129 Å². The van der Waals surface area contributed by atoms with E-state index >= 15 is 0 Å². The lowest BCUT2D eigenvalue weighted by molar-refractivity contribution is 0.0493. The van der Waals surface area contributed by atoms with Gasteiger partial charge in [0.05, 0.1) is 18.2 Å². The fourth-order valence-corrected chi connectivity index (χ4v) is 2.83. The van der Waals surface area contributed by atoms with E-state index in [2.05, 4.69) is 44.3 Å². The Bertz CT molecular complexity index is 429. The highest BCUT2D eigenvalue weighted by Gasteiger charge is 2.38. The summed E-state index contributed by atoms with van der Waals surface area (Å²) in [6, 6.07) is 8.56. The van der Waals surface area contributed by atoms with Crippen molar-refractivity contribution in [3.63, 3.8) is 0 Å². The quantitative estimate of drug-likeness (QED) is 0.747. The lowest BCUT2D eigenvalue weighted by Gasteiger charge is -2.29. The van der Waals surface area contributed by atoms with Crippen LogP contribution >= 0.6 is 0 Å². The number of hydrogen-bond donors (Lipinski definition) is 1. The first kappa shape index (κ1) is 16.3. The van der Waals surface area contributed by atoms with Gasteiger partial charge in [-0.15, -0.1) is 0 Å². The fourth-order valence-electron chi connectivity index (χ4n) is 2.83. The third kappa shape index (κ3) is 4.45. The Morgan fingerprint density at radius 1 is 1.24 bits per heavy atom. The van der Waals surface area contributed by atoms with Crippen molar-refractivity contribution in [2.45, 2.75) is 58.3 Å². The average molecular weight is 291 g/mol. The van der Waals surface area contributed by atoms with Crippen LogP contribution in [0.2, 0.25) is 0 Å². The van der Waals surface area contributed by atoms with E-state index in [4.69, 9.17) is 9.47 Å². The molecule has 0 spiro atoms. The minimum atomic E-state index is 0.180. The molecule has 0 aromatic heterocycles. The molecule has 0 radical (unpaired) electrons. The van der Waals surface area contributed by atoms with E-state index < -0.39 is 0 Å². The van der Waals surface area contributed by atoms with E-state index in [-0.39, 0.29) is 18.2 Å². The molecule has 118 valence electrons. The highest BCUT2D eigenvalue weighted by atomic mass is 16.5. The molecule has 1 saturated carbocycles. The van der Waals surface area contributed by atoms with Crippen LogP contribution < -0.4 is 10.1 Å². The van der Waals surface area contributed by atoms with Crippen molar-refractivity contribution in [3.05, 3.63) is 29.8 Å². The zero-order chi connectivity index (χ0) is 15.2. The molecule has 1 aromatic carbocycles. The standard InChI is InChI=1S/C18H29NO2/c1-5-12-19-17(18(20-4)14-10-11-14)15-8-6-7-9-16(15)21-13(2)3/h6-9,13-14,17-19H,5,10-12H2,1-4H3. The van der Waals surface area contributed by atoms with Crippen LogP contribution in [-0.2, 0) is 4.74 Å². The Kier molecular flexibility index (Phi) is 6.07. The van der Waals surface area contributed by atoms with Gasteiger partial charge in [0.2, 0.25) is 0 Å². The van der Waals surface area contributed by atoms with Crippen LogP contribution in [0.1, 0.15) is 51.6 Å². The van der Waals surface area contributed by atoms with E-state index in [1.165, 1.54) is 18.4 Å². The summed E-state index contributed by atoms with van der Waals surface area (Å²) in [6.07, 6.45) is 4.07. The maximum absolute atomic E-state index is 6.01. The second-order valence-corrected chi connectivity index (χ2v) is 6.17. The molecule has 0 amide bonds. The van der Waals surface area contributed by atoms with Gasteiger partial charge >= 0.3 is 0 Å². The van der Waals surface area contributed by atoms with Gasteiger partial charge in [-0.05, 0) is 51.6 Å². The highest BCUT2D eigenvalue weighted by Crippen LogP contribution is 2.41. The van der Waals surface area contributed by atoms with Gasteiger partial charge in [0.1, 0.15) is 5.75 Å². The minimum Gasteiger partial charge on any atom is -0.491 e. The average Bonchev–Trinajstić information content (AvgIpc) is 3.28. The number of benzene rings is 1. The van der Waals surface area contributed by atoms with E-state index in [0.717, 1.165) is 18.7 Å². The predicted octanol–water partition coefficient (Wildman–Crippen LogP) is 3.94. The van der Waals surface area contributed by atoms with Gasteiger partial charge in [0.25, 0.3) is 0 Å². The van der Waals surface area contributed by atoms with Gasteiger partial charge in [0, 0.05) is 12.7 Å². The molecule has 2 atom stereocenters. The zero-order valence-electron chi connectivity index (χ0n) is 13.8. The number of methoxy groups -OCH3 is 1. The Morgan fingerprint density at radius 3 is 2.52 bits per heavy atom. The van der Waals surface area contributed by atoms with Crippen LogP contribution in [0, 0.1) is 5.92 Å². The second kappa shape index (κ2) is 7.81. The maximum atomic E-state index is 6.01. The Balaban J connectivity index is 2.26. The van der Waals surface area contributed by atoms with Crippen molar-refractivity contribution in [2.75, 3.05) is 13.7 Å². The fraction of sp³-hybridized carbons (Fsp3) is 0.667. The predicted molar refractivity (Wildman–Crippen MR) is 86.8 cm³/mol. The summed E-state index contributed by atoms with van der Waals surface area (Å²) in [5, 5.41) is 3.67. The van der Waals surface area contributed by atoms with Crippen LogP contribution in [0.5, 0.6) is 5.75 Å². The molecule has 0 bridgehead atoms. The Hall–Kier alpha value is -1.06. The molecule has 1 aliphatic rings. The molecule has 21 heavy (non-hydrogen) atoms. The Morgan fingerprint density at radius 2 is 1.95 bits per heavy atom. The van der Waals surface area contributed by atoms with Gasteiger partial charge in [0.15, 0.2) is 0 Å². The van der Waals surface area contributed by atoms with Gasteiger partial charge in [-0.2, -0.15) is 0 Å². The SMILES string of the molecule is CCCNC(c1ccccc1OC(C)C)C(OC)C1CC1. The van der Waals surface area contributed by atoms with Crippen molar-refractivity contribution in [1.82, 2.24) is 5.32 Å². The summed E-state index contributed by atoms with van der Waals surface area (Å²) in [4.78, 5) is 0. The van der Waals surface area contributed by atoms with Crippen LogP contribution in [0.25, 0.3) is 0 Å². The van der Waals surface area contributed by atoms with E-state index in [1.807, 2.05) is 13.2 Å². The molecule has 2 rings (SSSR count). The lowest BCUT2D eigenvalue weighted by Crippen LogP contribution is -2.35. The smallest absolute Gasteiger partial charge is 0.124 e. The van der Waals surface area contributed by atoms with Gasteiger partial charge in [-0.1, -0.05) is 25.1 Å². The van der Waals surface area contributed by atoms with Crippen molar-refractivity contribution in [3.8, 4) is 5.75 Å². The molecule has 1 aromatic rings. The van der Waals surface area contributed by atoms with Crippen LogP contribution in [0.15, 0.2) is 24.3 Å². The normalized spacial score (nSPS) is 17.8. The number of para-hydroxylation sites is 1. The number of ether oxygens (including phenoxy) is 2. The number of rotatable bonds is 9. The summed E-state index contributed by atoms with van der Waals surface area (Å²) < 4.78 is 11.8. The van der Waals surface area contributed by atoms with Crippen LogP contribution in [0.3, 0.4) is 0 Å². The third-order valence-electron chi connectivity index (χ3n) is 3.92. The highest BCUT2D eigenvalue weighted by molar-refractivity contribution is 5.37. The zero-order valence-corrected chi connectivity index (χ0v) is 13.8. The van der Waals surface area contributed by atoms with E-state index in [0.29, 0.717) is 5.92 Å². The summed E-state index contributed by atoms with van der Waals surface area (Å²) in [7, 11) is 1.83. The summed E-state index contributed by atoms with van der Waals surface area (Å²) in [6.45, 7) is 7.33. The van der Waals surface area contributed by atoms with Gasteiger partial charge in [-0.3, -0.25) is 0 Å². The largest absolute Gasteiger partial charge is 0.491 e. The topological polar surface area (TPSA) is 30.5 Å². The summed E-state index contributed by atoms with van der Waals surface area (Å²) in [5.41, 5.74) is 1.22. The lowest BCUT2D eigenvalue weighted by atomic mass is 9.96. The van der Waals surface area contributed by atoms with Crippen molar-refractivity contribution >= 4 is 0 Å². The molecule has 1 N–H and O–H groups in total. The van der Waals surface area contributed by atoms with E-state index in [1.54, 1.807) is 0 Å². The van der Waals surface area contributed by atoms with Crippen molar-refractivity contribution < 1.29 is 9.47 Å². The molecule has 2 unspecified atom stereocenters. The van der Waals surface area contributed by atoms with Crippen molar-refractivity contribution in [2.24, 2.45) is 5.92 Å². The minimum absolute atomic E-state index is 0.180. The molecule has 0 saturated heterocycles. The number of hydrogen-bond acceptors (Lipinski definition) is 3. The molecular weight excluding hydrogens is 262 g/mol. The second-order valence-electron chi connectivity index (χ2n) is 6.17. The number of nitrogens with one attached hydrogen (secondary N) is 1. The molecule has 1 fully saturated rings. The van der Waals surface area contributed by atoms with Gasteiger partial charge < -0.3 is 14.8 Å². The first-order valence-corrected chi connectivity index (χ1v) is 8.19. The third-order valence-corrected chi connectivity index (χ3v) is 3.92. The summed E-state index contributed by atoms with van der Waals surface area (Å²) in [5.74, 6) is 1.65. The van der Waals surface area contributed by atoms with Crippen molar-refractivity contribution in [1.29, 1.82) is 0 Å². The van der Waals surface area contributed by atoms with Crippen LogP contribution in [-0.4, -0.2) is 25.9 Å². The summed E-state index contributed by atoms with van der Waals surface area (Å²) >= 11 is 0. The monoisotopic (exact) mass is 291 g/mol.